The Balaban J connectivity index is 1.55. The minimum absolute atomic E-state index is 0.0413. The molecule has 3 rings (SSSR count). The van der Waals surface area contributed by atoms with Crippen molar-refractivity contribution in [1.29, 1.82) is 0 Å². The first-order chi connectivity index (χ1) is 14.2. The third-order valence-electron chi connectivity index (χ3n) is 5.39. The maximum atomic E-state index is 12.6. The highest BCUT2D eigenvalue weighted by Crippen LogP contribution is 2.22. The van der Waals surface area contributed by atoms with Gasteiger partial charge in [0.25, 0.3) is 5.91 Å². The van der Waals surface area contributed by atoms with Crippen molar-refractivity contribution in [2.24, 2.45) is 0 Å². The molecule has 0 radical (unpaired) electrons. The van der Waals surface area contributed by atoms with Gasteiger partial charge in [0.15, 0.2) is 0 Å². The van der Waals surface area contributed by atoms with E-state index in [0.717, 1.165) is 31.7 Å². The van der Waals surface area contributed by atoms with Crippen molar-refractivity contribution in [3.8, 4) is 0 Å². The van der Waals surface area contributed by atoms with Crippen LogP contribution >= 0.6 is 0 Å². The molecule has 1 aliphatic rings. The molecule has 2 amide bonds. The predicted octanol–water partition coefficient (Wildman–Crippen LogP) is 4.02. The van der Waals surface area contributed by atoms with Crippen LogP contribution in [0.4, 0.5) is 5.69 Å². The van der Waals surface area contributed by atoms with Crippen LogP contribution in [0.3, 0.4) is 0 Å². The van der Waals surface area contributed by atoms with E-state index < -0.39 is 0 Å². The summed E-state index contributed by atoms with van der Waals surface area (Å²) < 4.78 is 0. The first kappa shape index (κ1) is 21.8. The van der Waals surface area contributed by atoms with Crippen LogP contribution in [0.25, 0.3) is 6.08 Å². The number of hydrogen-bond acceptors (Lipinski definition) is 3. The van der Waals surface area contributed by atoms with Crippen molar-refractivity contribution in [3.63, 3.8) is 0 Å². The molecular weight excluding hydrogens is 374 g/mol. The van der Waals surface area contributed by atoms with E-state index >= 15 is 0 Å². The number of piperazine rings is 1. The van der Waals surface area contributed by atoms with Crippen molar-refractivity contribution >= 4 is 23.6 Å². The van der Waals surface area contributed by atoms with Crippen molar-refractivity contribution in [3.05, 3.63) is 71.3 Å². The number of carbonyl (C=O) groups is 2. The molecule has 1 saturated heterocycles. The monoisotopic (exact) mass is 405 g/mol. The van der Waals surface area contributed by atoms with Gasteiger partial charge in [0.05, 0.1) is 0 Å². The van der Waals surface area contributed by atoms with Crippen LogP contribution in [0.5, 0.6) is 0 Å². The van der Waals surface area contributed by atoms with Crippen LogP contribution in [0, 0.1) is 0 Å². The molecule has 1 N–H and O–H groups in total. The van der Waals surface area contributed by atoms with E-state index in [9.17, 15) is 9.59 Å². The number of rotatable bonds is 4. The van der Waals surface area contributed by atoms with Gasteiger partial charge in [-0.2, -0.15) is 0 Å². The van der Waals surface area contributed by atoms with Crippen molar-refractivity contribution in [1.82, 2.24) is 9.80 Å². The van der Waals surface area contributed by atoms with Crippen molar-refractivity contribution < 1.29 is 9.59 Å². The fourth-order valence-electron chi connectivity index (χ4n) is 3.34. The van der Waals surface area contributed by atoms with E-state index in [1.165, 1.54) is 11.6 Å². The second kappa shape index (κ2) is 9.26. The average Bonchev–Trinajstić information content (AvgIpc) is 2.72. The van der Waals surface area contributed by atoms with E-state index in [1.54, 1.807) is 30.3 Å². The topological polar surface area (TPSA) is 52.6 Å². The Bertz CT molecular complexity index is 901. The average molecular weight is 406 g/mol. The molecule has 30 heavy (non-hydrogen) atoms. The Morgan fingerprint density at radius 3 is 2.07 bits per heavy atom. The molecular formula is C25H31N3O2. The fourth-order valence-corrected chi connectivity index (χ4v) is 3.34. The summed E-state index contributed by atoms with van der Waals surface area (Å²) in [7, 11) is 2.06. The van der Waals surface area contributed by atoms with Gasteiger partial charge in [-0.1, -0.05) is 45.0 Å². The standard InChI is InChI=1S/C25H31N3O2/c1-25(2,3)21-10-5-19(6-11-21)7-14-23(29)26-22-12-8-20(9-13-22)24(30)28-17-15-27(4)16-18-28/h5-14H,15-18H2,1-4H3,(H,26,29)/b14-7+. The van der Waals surface area contributed by atoms with E-state index in [0.29, 0.717) is 11.3 Å². The molecule has 0 saturated carbocycles. The summed E-state index contributed by atoms with van der Waals surface area (Å²) in [4.78, 5) is 28.9. The highest BCUT2D eigenvalue weighted by atomic mass is 16.2. The molecule has 1 heterocycles. The van der Waals surface area contributed by atoms with Crippen molar-refractivity contribution in [2.75, 3.05) is 38.5 Å². The molecule has 1 fully saturated rings. The number of hydrogen-bond donors (Lipinski definition) is 1. The molecule has 5 nitrogen and oxygen atoms in total. The van der Waals surface area contributed by atoms with Gasteiger partial charge in [0.1, 0.15) is 0 Å². The van der Waals surface area contributed by atoms with Crippen LogP contribution < -0.4 is 5.32 Å². The lowest BCUT2D eigenvalue weighted by molar-refractivity contribution is -0.111. The first-order valence-corrected chi connectivity index (χ1v) is 10.4. The van der Waals surface area contributed by atoms with Crippen LogP contribution in [-0.4, -0.2) is 54.8 Å². The third kappa shape index (κ3) is 5.80. The Labute approximate surface area is 179 Å². The second-order valence-electron chi connectivity index (χ2n) is 8.87. The number of nitrogens with zero attached hydrogens (tertiary/aromatic N) is 2. The number of carbonyl (C=O) groups excluding carboxylic acids is 2. The molecule has 0 aromatic heterocycles. The minimum Gasteiger partial charge on any atom is -0.336 e. The van der Waals surface area contributed by atoms with E-state index in [4.69, 9.17) is 0 Å². The van der Waals surface area contributed by atoms with Crippen molar-refractivity contribution in [2.45, 2.75) is 26.2 Å². The van der Waals surface area contributed by atoms with Gasteiger partial charge in [-0.15, -0.1) is 0 Å². The van der Waals surface area contributed by atoms with Gasteiger partial charge in [-0.05, 0) is 53.9 Å². The highest BCUT2D eigenvalue weighted by Gasteiger charge is 2.20. The number of amides is 2. The first-order valence-electron chi connectivity index (χ1n) is 10.4. The van der Waals surface area contributed by atoms with Gasteiger partial charge in [-0.25, -0.2) is 0 Å². The minimum atomic E-state index is -0.201. The zero-order chi connectivity index (χ0) is 21.7. The quantitative estimate of drug-likeness (QED) is 0.782. The normalized spacial score (nSPS) is 15.4. The number of likely N-dealkylation sites (N-methyl/N-ethyl adjacent to an activating group) is 1. The van der Waals surface area contributed by atoms with E-state index in [1.807, 2.05) is 17.0 Å². The summed E-state index contributed by atoms with van der Waals surface area (Å²) in [6, 6.07) is 15.3. The van der Waals surface area contributed by atoms with Crippen LogP contribution in [-0.2, 0) is 10.2 Å². The van der Waals surface area contributed by atoms with E-state index in [-0.39, 0.29) is 17.2 Å². The van der Waals surface area contributed by atoms with Crippen LogP contribution in [0.2, 0.25) is 0 Å². The van der Waals surface area contributed by atoms with Gasteiger partial charge < -0.3 is 15.1 Å². The fraction of sp³-hybridized carbons (Fsp3) is 0.360. The summed E-state index contributed by atoms with van der Waals surface area (Å²) in [6.07, 6.45) is 3.32. The summed E-state index contributed by atoms with van der Waals surface area (Å²) in [5.41, 5.74) is 3.66. The lowest BCUT2D eigenvalue weighted by Gasteiger charge is -2.32. The Kier molecular flexibility index (Phi) is 6.73. The van der Waals surface area contributed by atoms with E-state index in [2.05, 4.69) is 50.2 Å². The number of nitrogens with one attached hydrogen (secondary N) is 1. The molecule has 0 aliphatic carbocycles. The Hall–Kier alpha value is -2.92. The number of benzene rings is 2. The highest BCUT2D eigenvalue weighted by molar-refractivity contribution is 6.02. The Morgan fingerprint density at radius 1 is 0.900 bits per heavy atom. The van der Waals surface area contributed by atoms with Gasteiger partial charge in [0, 0.05) is 43.5 Å². The molecule has 2 aromatic rings. The predicted molar refractivity (Wildman–Crippen MR) is 123 cm³/mol. The van der Waals surface area contributed by atoms with Gasteiger partial charge >= 0.3 is 0 Å². The molecule has 0 spiro atoms. The molecule has 1 aliphatic heterocycles. The maximum absolute atomic E-state index is 12.6. The van der Waals surface area contributed by atoms with Crippen LogP contribution in [0.15, 0.2) is 54.6 Å². The molecule has 0 unspecified atom stereocenters. The zero-order valence-electron chi connectivity index (χ0n) is 18.3. The molecule has 2 aromatic carbocycles. The summed E-state index contributed by atoms with van der Waals surface area (Å²) in [5.74, 6) is -0.160. The second-order valence-corrected chi connectivity index (χ2v) is 8.87. The van der Waals surface area contributed by atoms with Gasteiger partial charge in [-0.3, -0.25) is 9.59 Å². The SMILES string of the molecule is CN1CCN(C(=O)c2ccc(NC(=O)/C=C/c3ccc(C(C)(C)C)cc3)cc2)CC1. The van der Waals surface area contributed by atoms with Crippen LogP contribution in [0.1, 0.15) is 42.3 Å². The van der Waals surface area contributed by atoms with Gasteiger partial charge in [0.2, 0.25) is 5.91 Å². The summed E-state index contributed by atoms with van der Waals surface area (Å²) >= 11 is 0. The summed E-state index contributed by atoms with van der Waals surface area (Å²) in [6.45, 7) is 9.81. The zero-order valence-corrected chi connectivity index (χ0v) is 18.3. The Morgan fingerprint density at radius 2 is 1.50 bits per heavy atom. The summed E-state index contributed by atoms with van der Waals surface area (Å²) in [5, 5.41) is 2.84. The lowest BCUT2D eigenvalue weighted by atomic mass is 9.87. The number of anilines is 1. The molecule has 158 valence electrons. The molecule has 5 heteroatoms. The smallest absolute Gasteiger partial charge is 0.253 e. The third-order valence-corrected chi connectivity index (χ3v) is 5.39. The maximum Gasteiger partial charge on any atom is 0.253 e. The lowest BCUT2D eigenvalue weighted by Crippen LogP contribution is -2.47. The molecule has 0 bridgehead atoms. The molecule has 0 atom stereocenters. The largest absolute Gasteiger partial charge is 0.336 e.